The second-order valence-electron chi connectivity index (χ2n) is 3.59. The fourth-order valence-electron chi connectivity index (χ4n) is 1.37. The van der Waals surface area contributed by atoms with Crippen molar-refractivity contribution in [2.24, 2.45) is 0 Å². The first kappa shape index (κ1) is 12.6. The average Bonchev–Trinajstić information content (AvgIpc) is 2.33. The molecule has 18 heavy (non-hydrogen) atoms. The van der Waals surface area contributed by atoms with Crippen molar-refractivity contribution in [3.63, 3.8) is 0 Å². The van der Waals surface area contributed by atoms with E-state index >= 15 is 0 Å². The molecule has 0 bridgehead atoms. The van der Waals surface area contributed by atoms with Crippen LogP contribution in [-0.4, -0.2) is 15.9 Å². The largest absolute Gasteiger partial charge is 0.320 e. The molecule has 6 heteroatoms. The minimum atomic E-state index is -0.618. The van der Waals surface area contributed by atoms with Crippen molar-refractivity contribution in [3.8, 4) is 0 Å². The van der Waals surface area contributed by atoms with Gasteiger partial charge in [-0.05, 0) is 47.1 Å². The molecule has 0 aliphatic carbocycles. The molecule has 0 aliphatic heterocycles. The van der Waals surface area contributed by atoms with Crippen LogP contribution in [0.4, 0.5) is 10.1 Å². The first-order valence-corrected chi connectivity index (χ1v) is 5.91. The lowest BCUT2D eigenvalue weighted by Gasteiger charge is -2.07. The molecule has 2 rings (SSSR count). The third-order valence-electron chi connectivity index (χ3n) is 2.29. The molecular weight excluding hydrogens is 301 g/mol. The predicted octanol–water partition coefficient (Wildman–Crippen LogP) is 2.94. The van der Waals surface area contributed by atoms with Gasteiger partial charge in [0.05, 0.1) is 16.9 Å². The van der Waals surface area contributed by atoms with E-state index in [9.17, 15) is 9.18 Å². The molecule has 0 saturated heterocycles. The molecule has 1 N–H and O–H groups in total. The summed E-state index contributed by atoms with van der Waals surface area (Å²) in [6.45, 7) is 1.78. The van der Waals surface area contributed by atoms with Gasteiger partial charge in [-0.15, -0.1) is 0 Å². The maximum atomic E-state index is 12.6. The minimum absolute atomic E-state index is 0.290. The van der Waals surface area contributed by atoms with E-state index in [0.29, 0.717) is 21.5 Å². The molecule has 4 nitrogen and oxygen atoms in total. The van der Waals surface area contributed by atoms with Crippen LogP contribution in [0.15, 0.2) is 35.1 Å². The molecule has 0 radical (unpaired) electrons. The number of carbonyl (C=O) groups excluding carboxylic acids is 1. The van der Waals surface area contributed by atoms with E-state index in [2.05, 4.69) is 31.2 Å². The Kier molecular flexibility index (Phi) is 3.66. The topological polar surface area (TPSA) is 54.9 Å². The number of amides is 1. The Bertz CT molecular complexity index is 586. The van der Waals surface area contributed by atoms with Crippen molar-refractivity contribution in [2.75, 3.05) is 5.32 Å². The summed E-state index contributed by atoms with van der Waals surface area (Å²) in [6, 6.07) is 5.98. The van der Waals surface area contributed by atoms with Crippen molar-refractivity contribution in [1.29, 1.82) is 0 Å². The molecule has 0 aromatic carbocycles. The molecule has 0 fully saturated rings. The first-order chi connectivity index (χ1) is 8.56. The van der Waals surface area contributed by atoms with Crippen LogP contribution < -0.4 is 5.32 Å². The van der Waals surface area contributed by atoms with E-state index in [1.165, 1.54) is 12.3 Å². The highest BCUT2D eigenvalue weighted by molar-refractivity contribution is 9.10. The lowest BCUT2D eigenvalue weighted by Crippen LogP contribution is -2.13. The molecule has 0 saturated carbocycles. The molecular formula is C12H9BrFN3O. The molecule has 2 aromatic rings. The second kappa shape index (κ2) is 5.22. The Morgan fingerprint density at radius 2 is 2.11 bits per heavy atom. The normalized spacial score (nSPS) is 10.2. The Balaban J connectivity index is 2.18. The smallest absolute Gasteiger partial charge is 0.257 e. The van der Waals surface area contributed by atoms with Crippen LogP contribution in [0, 0.1) is 12.9 Å². The van der Waals surface area contributed by atoms with Gasteiger partial charge in [0.2, 0.25) is 5.95 Å². The zero-order valence-electron chi connectivity index (χ0n) is 9.45. The van der Waals surface area contributed by atoms with Crippen LogP contribution in [0.2, 0.25) is 0 Å². The summed E-state index contributed by atoms with van der Waals surface area (Å²) in [5, 5.41) is 2.69. The number of aromatic nitrogens is 2. The van der Waals surface area contributed by atoms with Crippen molar-refractivity contribution < 1.29 is 9.18 Å². The Morgan fingerprint density at radius 3 is 2.72 bits per heavy atom. The van der Waals surface area contributed by atoms with Crippen molar-refractivity contribution in [1.82, 2.24) is 9.97 Å². The van der Waals surface area contributed by atoms with Crippen molar-refractivity contribution in [2.45, 2.75) is 6.92 Å². The number of hydrogen-bond acceptors (Lipinski definition) is 3. The lowest BCUT2D eigenvalue weighted by atomic mass is 10.2. The van der Waals surface area contributed by atoms with Gasteiger partial charge < -0.3 is 5.32 Å². The molecule has 0 atom stereocenters. The van der Waals surface area contributed by atoms with Crippen LogP contribution in [0.5, 0.6) is 0 Å². The van der Waals surface area contributed by atoms with Gasteiger partial charge in [-0.1, -0.05) is 0 Å². The monoisotopic (exact) mass is 309 g/mol. The van der Waals surface area contributed by atoms with Crippen LogP contribution in [0.1, 0.15) is 16.1 Å². The third kappa shape index (κ3) is 2.89. The molecule has 0 aliphatic rings. The molecule has 2 aromatic heterocycles. The van der Waals surface area contributed by atoms with E-state index in [4.69, 9.17) is 0 Å². The Labute approximate surface area is 111 Å². The molecule has 2 heterocycles. The molecule has 0 unspecified atom stereocenters. The summed E-state index contributed by atoms with van der Waals surface area (Å²) >= 11 is 3.24. The van der Waals surface area contributed by atoms with Crippen LogP contribution in [0.3, 0.4) is 0 Å². The number of halogens is 2. The van der Waals surface area contributed by atoms with Gasteiger partial charge >= 0.3 is 0 Å². The van der Waals surface area contributed by atoms with Crippen molar-refractivity contribution in [3.05, 3.63) is 52.3 Å². The highest BCUT2D eigenvalue weighted by atomic mass is 79.9. The maximum absolute atomic E-state index is 12.6. The predicted molar refractivity (Wildman–Crippen MR) is 68.8 cm³/mol. The second-order valence-corrected chi connectivity index (χ2v) is 4.40. The minimum Gasteiger partial charge on any atom is -0.320 e. The standard InChI is InChI=1S/C12H9BrFN3O/c1-7-9(3-4-10(13)16-7)17-12(18)8-2-5-11(14)15-6-8/h2-6H,1H3,(H,17,18). The zero-order valence-corrected chi connectivity index (χ0v) is 11.0. The third-order valence-corrected chi connectivity index (χ3v) is 2.73. The summed E-state index contributed by atoms with van der Waals surface area (Å²) in [6.07, 6.45) is 1.19. The molecule has 0 spiro atoms. The SMILES string of the molecule is Cc1nc(Br)ccc1NC(=O)c1ccc(F)nc1. The average molecular weight is 310 g/mol. The number of rotatable bonds is 2. The van der Waals surface area contributed by atoms with Gasteiger partial charge in [0, 0.05) is 6.20 Å². The highest BCUT2D eigenvalue weighted by Gasteiger charge is 2.09. The Morgan fingerprint density at radius 1 is 1.33 bits per heavy atom. The van der Waals surface area contributed by atoms with E-state index in [1.807, 2.05) is 0 Å². The maximum Gasteiger partial charge on any atom is 0.257 e. The molecule has 1 amide bonds. The quantitative estimate of drug-likeness (QED) is 0.868. The van der Waals surface area contributed by atoms with Crippen LogP contribution in [-0.2, 0) is 0 Å². The summed E-state index contributed by atoms with van der Waals surface area (Å²) in [7, 11) is 0. The van der Waals surface area contributed by atoms with E-state index in [1.54, 1.807) is 19.1 Å². The zero-order chi connectivity index (χ0) is 13.1. The van der Waals surface area contributed by atoms with E-state index in [-0.39, 0.29) is 5.91 Å². The fraction of sp³-hybridized carbons (Fsp3) is 0.0833. The van der Waals surface area contributed by atoms with E-state index < -0.39 is 5.95 Å². The summed E-state index contributed by atoms with van der Waals surface area (Å²) in [4.78, 5) is 19.4. The first-order valence-electron chi connectivity index (χ1n) is 5.12. The van der Waals surface area contributed by atoms with E-state index in [0.717, 1.165) is 6.07 Å². The van der Waals surface area contributed by atoms with Gasteiger partial charge in [0.15, 0.2) is 0 Å². The highest BCUT2D eigenvalue weighted by Crippen LogP contribution is 2.17. The molecule has 92 valence electrons. The lowest BCUT2D eigenvalue weighted by molar-refractivity contribution is 0.102. The number of nitrogens with one attached hydrogen (secondary N) is 1. The van der Waals surface area contributed by atoms with Gasteiger partial charge in [0.1, 0.15) is 4.60 Å². The summed E-state index contributed by atoms with van der Waals surface area (Å²) in [5.41, 5.74) is 1.58. The number of carbonyl (C=O) groups is 1. The number of nitrogens with zero attached hydrogens (tertiary/aromatic N) is 2. The summed E-state index contributed by atoms with van der Waals surface area (Å²) in [5.74, 6) is -0.970. The number of hydrogen-bond donors (Lipinski definition) is 1. The van der Waals surface area contributed by atoms with Gasteiger partial charge in [0.25, 0.3) is 5.91 Å². The summed E-state index contributed by atoms with van der Waals surface area (Å²) < 4.78 is 13.3. The van der Waals surface area contributed by atoms with Crippen LogP contribution in [0.25, 0.3) is 0 Å². The fourth-order valence-corrected chi connectivity index (χ4v) is 1.77. The van der Waals surface area contributed by atoms with Crippen molar-refractivity contribution >= 4 is 27.5 Å². The number of anilines is 1. The number of pyridine rings is 2. The number of aryl methyl sites for hydroxylation is 1. The van der Waals surface area contributed by atoms with Gasteiger partial charge in [-0.25, -0.2) is 9.97 Å². The van der Waals surface area contributed by atoms with Gasteiger partial charge in [-0.3, -0.25) is 4.79 Å². The van der Waals surface area contributed by atoms with Gasteiger partial charge in [-0.2, -0.15) is 4.39 Å². The Hall–Kier alpha value is -1.82. The van der Waals surface area contributed by atoms with Crippen LogP contribution >= 0.6 is 15.9 Å².